The summed E-state index contributed by atoms with van der Waals surface area (Å²) in [4.78, 5) is 13.7. The average molecular weight is 312 g/mol. The fourth-order valence-corrected chi connectivity index (χ4v) is 2.44. The molecule has 1 atom stereocenters. The first-order valence-corrected chi connectivity index (χ1v) is 7.42. The SMILES string of the molecule is CC(C)(C)OC(=O)N1CCC(Nc2ccc(Cl)cc2N)C1. The molecule has 0 radical (unpaired) electrons. The van der Waals surface area contributed by atoms with Gasteiger partial charge in [0.15, 0.2) is 0 Å². The van der Waals surface area contributed by atoms with Crippen LogP contribution in [0.25, 0.3) is 0 Å². The van der Waals surface area contributed by atoms with Gasteiger partial charge in [0, 0.05) is 24.2 Å². The molecule has 1 unspecified atom stereocenters. The predicted octanol–water partition coefficient (Wildman–Crippen LogP) is 3.34. The molecule has 1 aromatic carbocycles. The minimum Gasteiger partial charge on any atom is -0.444 e. The predicted molar refractivity (Wildman–Crippen MR) is 85.7 cm³/mol. The van der Waals surface area contributed by atoms with Crippen LogP contribution in [0.15, 0.2) is 18.2 Å². The third-order valence-electron chi connectivity index (χ3n) is 3.21. The van der Waals surface area contributed by atoms with E-state index in [1.165, 1.54) is 0 Å². The number of nitrogen functional groups attached to an aromatic ring is 1. The number of rotatable bonds is 2. The maximum Gasteiger partial charge on any atom is 0.410 e. The molecule has 116 valence electrons. The van der Waals surface area contributed by atoms with Gasteiger partial charge in [-0.05, 0) is 45.4 Å². The van der Waals surface area contributed by atoms with E-state index in [1.807, 2.05) is 26.8 Å². The van der Waals surface area contributed by atoms with Gasteiger partial charge in [-0.3, -0.25) is 0 Å². The standard InChI is InChI=1S/C15H22ClN3O2/c1-15(2,3)21-14(20)19-7-6-11(9-19)18-13-5-4-10(16)8-12(13)17/h4-5,8,11,18H,6-7,9,17H2,1-3H3. The van der Waals surface area contributed by atoms with Crippen molar-refractivity contribution in [1.29, 1.82) is 0 Å². The number of nitrogens with one attached hydrogen (secondary N) is 1. The third kappa shape index (κ3) is 4.43. The molecule has 21 heavy (non-hydrogen) atoms. The minimum absolute atomic E-state index is 0.168. The Bertz CT molecular complexity index is 528. The van der Waals surface area contributed by atoms with Crippen molar-refractivity contribution in [3.8, 4) is 0 Å². The summed E-state index contributed by atoms with van der Waals surface area (Å²) in [5.74, 6) is 0. The molecule has 0 spiro atoms. The van der Waals surface area contributed by atoms with Crippen LogP contribution >= 0.6 is 11.6 Å². The van der Waals surface area contributed by atoms with Gasteiger partial charge in [0.25, 0.3) is 0 Å². The highest BCUT2D eigenvalue weighted by Gasteiger charge is 2.29. The van der Waals surface area contributed by atoms with Gasteiger partial charge in [-0.15, -0.1) is 0 Å². The van der Waals surface area contributed by atoms with Gasteiger partial charge in [-0.2, -0.15) is 0 Å². The lowest BCUT2D eigenvalue weighted by Gasteiger charge is -2.24. The lowest BCUT2D eigenvalue weighted by molar-refractivity contribution is 0.0293. The lowest BCUT2D eigenvalue weighted by atomic mass is 10.2. The molecule has 1 aliphatic heterocycles. The quantitative estimate of drug-likeness (QED) is 0.822. The van der Waals surface area contributed by atoms with E-state index < -0.39 is 5.60 Å². The van der Waals surface area contributed by atoms with Crippen molar-refractivity contribution in [3.05, 3.63) is 23.2 Å². The van der Waals surface area contributed by atoms with Crippen LogP contribution in [0.4, 0.5) is 16.2 Å². The molecular weight excluding hydrogens is 290 g/mol. The van der Waals surface area contributed by atoms with Crippen LogP contribution in [0.5, 0.6) is 0 Å². The molecule has 0 bridgehead atoms. The Morgan fingerprint density at radius 1 is 1.48 bits per heavy atom. The number of nitrogens with zero attached hydrogens (tertiary/aromatic N) is 1. The molecule has 5 nitrogen and oxygen atoms in total. The highest BCUT2D eigenvalue weighted by molar-refractivity contribution is 6.31. The molecule has 1 aromatic rings. The van der Waals surface area contributed by atoms with E-state index in [9.17, 15) is 4.79 Å². The second kappa shape index (κ2) is 6.02. The van der Waals surface area contributed by atoms with E-state index in [-0.39, 0.29) is 12.1 Å². The molecule has 0 aromatic heterocycles. The topological polar surface area (TPSA) is 67.6 Å². The van der Waals surface area contributed by atoms with Crippen molar-refractivity contribution in [3.63, 3.8) is 0 Å². The smallest absolute Gasteiger partial charge is 0.410 e. The largest absolute Gasteiger partial charge is 0.444 e. The van der Waals surface area contributed by atoms with Crippen LogP contribution in [0.3, 0.4) is 0 Å². The molecule has 1 aliphatic rings. The van der Waals surface area contributed by atoms with E-state index in [0.717, 1.165) is 12.1 Å². The van der Waals surface area contributed by atoms with Crippen molar-refractivity contribution >= 4 is 29.1 Å². The van der Waals surface area contributed by atoms with Gasteiger partial charge in [-0.1, -0.05) is 11.6 Å². The molecule has 6 heteroatoms. The van der Waals surface area contributed by atoms with Crippen LogP contribution < -0.4 is 11.1 Å². The molecular formula is C15H22ClN3O2. The summed E-state index contributed by atoms with van der Waals surface area (Å²) < 4.78 is 5.38. The molecule has 2 rings (SSSR count). The van der Waals surface area contributed by atoms with Crippen LogP contribution in [0, 0.1) is 0 Å². The number of nitrogens with two attached hydrogens (primary N) is 1. The van der Waals surface area contributed by atoms with Gasteiger partial charge in [0.2, 0.25) is 0 Å². The van der Waals surface area contributed by atoms with Gasteiger partial charge >= 0.3 is 6.09 Å². The molecule has 3 N–H and O–H groups in total. The van der Waals surface area contributed by atoms with Crippen molar-refractivity contribution in [2.24, 2.45) is 0 Å². The number of amides is 1. The van der Waals surface area contributed by atoms with E-state index in [0.29, 0.717) is 23.8 Å². The number of ether oxygens (including phenoxy) is 1. The Labute approximate surface area is 130 Å². The third-order valence-corrected chi connectivity index (χ3v) is 3.45. The summed E-state index contributed by atoms with van der Waals surface area (Å²) >= 11 is 5.88. The molecule has 1 saturated heterocycles. The zero-order valence-corrected chi connectivity index (χ0v) is 13.4. The zero-order valence-electron chi connectivity index (χ0n) is 12.6. The minimum atomic E-state index is -0.469. The van der Waals surface area contributed by atoms with Gasteiger partial charge in [0.1, 0.15) is 5.60 Å². The molecule has 0 saturated carbocycles. The number of hydrogen-bond donors (Lipinski definition) is 2. The summed E-state index contributed by atoms with van der Waals surface area (Å²) in [6, 6.07) is 5.53. The van der Waals surface area contributed by atoms with E-state index >= 15 is 0 Å². The van der Waals surface area contributed by atoms with Gasteiger partial charge in [-0.25, -0.2) is 4.79 Å². The number of anilines is 2. The second-order valence-corrected chi connectivity index (χ2v) is 6.72. The Morgan fingerprint density at radius 2 is 2.19 bits per heavy atom. The van der Waals surface area contributed by atoms with Crippen LogP contribution in [0.2, 0.25) is 5.02 Å². The fourth-order valence-electron chi connectivity index (χ4n) is 2.26. The number of halogens is 1. The highest BCUT2D eigenvalue weighted by Crippen LogP contribution is 2.25. The van der Waals surface area contributed by atoms with E-state index in [2.05, 4.69) is 5.32 Å². The molecule has 1 amide bonds. The first-order chi connectivity index (χ1) is 9.74. The van der Waals surface area contributed by atoms with Crippen molar-refractivity contribution in [2.45, 2.75) is 38.8 Å². The molecule has 1 fully saturated rings. The van der Waals surface area contributed by atoms with Gasteiger partial charge < -0.3 is 20.7 Å². The van der Waals surface area contributed by atoms with Crippen LogP contribution in [0.1, 0.15) is 27.2 Å². The van der Waals surface area contributed by atoms with Gasteiger partial charge in [0.05, 0.1) is 11.4 Å². The number of hydrogen-bond acceptors (Lipinski definition) is 4. The maximum atomic E-state index is 12.0. The fraction of sp³-hybridized carbons (Fsp3) is 0.533. The zero-order chi connectivity index (χ0) is 15.6. The second-order valence-electron chi connectivity index (χ2n) is 6.29. The van der Waals surface area contributed by atoms with E-state index in [1.54, 1.807) is 17.0 Å². The summed E-state index contributed by atoms with van der Waals surface area (Å²) in [6.07, 6.45) is 0.595. The first kappa shape index (κ1) is 15.8. The lowest BCUT2D eigenvalue weighted by Crippen LogP contribution is -2.36. The van der Waals surface area contributed by atoms with Crippen LogP contribution in [-0.2, 0) is 4.74 Å². The molecule has 1 heterocycles. The number of carbonyl (C=O) groups excluding carboxylic acids is 1. The first-order valence-electron chi connectivity index (χ1n) is 7.04. The highest BCUT2D eigenvalue weighted by atomic mass is 35.5. The van der Waals surface area contributed by atoms with Crippen molar-refractivity contribution in [1.82, 2.24) is 4.90 Å². The number of likely N-dealkylation sites (tertiary alicyclic amines) is 1. The van der Waals surface area contributed by atoms with Crippen molar-refractivity contribution < 1.29 is 9.53 Å². The summed E-state index contributed by atoms with van der Waals surface area (Å²) in [7, 11) is 0. The van der Waals surface area contributed by atoms with E-state index in [4.69, 9.17) is 22.1 Å². The normalized spacial score (nSPS) is 18.7. The summed E-state index contributed by atoms with van der Waals surface area (Å²) in [5, 5.41) is 3.96. The number of benzene rings is 1. The Hall–Kier alpha value is -1.62. The Balaban J connectivity index is 1.92. The summed E-state index contributed by atoms with van der Waals surface area (Å²) in [6.45, 7) is 6.89. The summed E-state index contributed by atoms with van der Waals surface area (Å²) in [5.41, 5.74) is 6.91. The molecule has 0 aliphatic carbocycles. The maximum absolute atomic E-state index is 12.0. The van der Waals surface area contributed by atoms with Crippen LogP contribution in [-0.4, -0.2) is 35.7 Å². The Morgan fingerprint density at radius 3 is 2.81 bits per heavy atom. The monoisotopic (exact) mass is 311 g/mol. The average Bonchev–Trinajstić information content (AvgIpc) is 2.79. The van der Waals surface area contributed by atoms with Crippen molar-refractivity contribution in [2.75, 3.05) is 24.1 Å². The Kier molecular flexibility index (Phi) is 4.52. The number of carbonyl (C=O) groups is 1.